The Hall–Kier alpha value is -2.63. The van der Waals surface area contributed by atoms with Crippen molar-refractivity contribution in [1.29, 1.82) is 0 Å². The Balaban J connectivity index is 1.70. The number of nitrogens with one attached hydrogen (secondary N) is 2. The zero-order valence-corrected chi connectivity index (χ0v) is 19.9. The van der Waals surface area contributed by atoms with E-state index in [1.807, 2.05) is 19.1 Å². The van der Waals surface area contributed by atoms with E-state index in [4.69, 9.17) is 9.47 Å². The third-order valence-electron chi connectivity index (χ3n) is 6.97. The summed E-state index contributed by atoms with van der Waals surface area (Å²) in [6.45, 7) is 6.70. The molecule has 4 rings (SSSR count). The van der Waals surface area contributed by atoms with Crippen LogP contribution in [0.5, 0.6) is 11.5 Å². The number of benzene rings is 1. The van der Waals surface area contributed by atoms with Crippen molar-refractivity contribution in [3.63, 3.8) is 0 Å². The van der Waals surface area contributed by atoms with Gasteiger partial charge in [0.1, 0.15) is 29.4 Å². The zero-order valence-electron chi connectivity index (χ0n) is 19.9. The molecule has 7 atom stereocenters. The van der Waals surface area contributed by atoms with Crippen LogP contribution in [0.4, 0.5) is 5.69 Å². The van der Waals surface area contributed by atoms with Gasteiger partial charge in [-0.2, -0.15) is 0 Å². The van der Waals surface area contributed by atoms with E-state index < -0.39 is 48.3 Å². The SMILES string of the molecule is CC=CC1=CN2C(=O)c3cc(O[C@@H]4O[C@@H](C)[C@@H](NC)[C@](C)(O)[C@H]4O)c(C)c(O)c3N[C@@H](O)[C@@H]2C1. The van der Waals surface area contributed by atoms with Gasteiger partial charge in [0.15, 0.2) is 0 Å². The molecule has 0 aliphatic carbocycles. The lowest BCUT2D eigenvalue weighted by Gasteiger charge is -2.47. The van der Waals surface area contributed by atoms with E-state index in [9.17, 15) is 25.2 Å². The van der Waals surface area contributed by atoms with Crippen molar-refractivity contribution in [1.82, 2.24) is 10.2 Å². The predicted molar refractivity (Wildman–Crippen MR) is 124 cm³/mol. The minimum Gasteiger partial charge on any atom is -0.505 e. The molecule has 1 amide bonds. The van der Waals surface area contributed by atoms with Gasteiger partial charge in [-0.25, -0.2) is 0 Å². The Kier molecular flexibility index (Phi) is 6.38. The van der Waals surface area contributed by atoms with Gasteiger partial charge in [-0.1, -0.05) is 12.2 Å². The topological polar surface area (TPSA) is 144 Å². The normalized spacial score (nSPS) is 35.5. The van der Waals surface area contributed by atoms with Gasteiger partial charge in [0.25, 0.3) is 5.91 Å². The van der Waals surface area contributed by atoms with Crippen molar-refractivity contribution < 1.29 is 34.7 Å². The number of likely N-dealkylation sites (N-methyl/N-ethyl adjacent to an activating group) is 1. The number of hydrogen-bond donors (Lipinski definition) is 6. The number of anilines is 1. The molecule has 0 unspecified atom stereocenters. The van der Waals surface area contributed by atoms with Crippen LogP contribution in [0.2, 0.25) is 0 Å². The lowest BCUT2D eigenvalue weighted by Crippen LogP contribution is -2.69. The number of nitrogens with zero attached hydrogens (tertiary/aromatic N) is 1. The second kappa shape index (κ2) is 8.86. The summed E-state index contributed by atoms with van der Waals surface area (Å²) in [4.78, 5) is 14.9. The first-order valence-corrected chi connectivity index (χ1v) is 11.4. The molecule has 0 radical (unpaired) electrons. The molecule has 3 aliphatic rings. The molecular formula is C24H33N3O7. The van der Waals surface area contributed by atoms with Crippen molar-refractivity contribution >= 4 is 11.6 Å². The van der Waals surface area contributed by atoms with E-state index in [1.165, 1.54) is 17.9 Å². The molecule has 0 bridgehead atoms. The van der Waals surface area contributed by atoms with Crippen LogP contribution in [0.25, 0.3) is 0 Å². The van der Waals surface area contributed by atoms with Crippen molar-refractivity contribution in [3.8, 4) is 11.5 Å². The Bertz CT molecular complexity index is 1040. The average Bonchev–Trinajstić information content (AvgIpc) is 3.17. The summed E-state index contributed by atoms with van der Waals surface area (Å²) in [6.07, 6.45) is 1.64. The molecule has 3 heterocycles. The van der Waals surface area contributed by atoms with E-state index in [0.717, 1.165) is 5.57 Å². The summed E-state index contributed by atoms with van der Waals surface area (Å²) >= 11 is 0. The number of hydrogen-bond acceptors (Lipinski definition) is 9. The summed E-state index contributed by atoms with van der Waals surface area (Å²) in [5.41, 5.74) is -0.157. The summed E-state index contributed by atoms with van der Waals surface area (Å²) in [6, 6.07) is 0.380. The first-order chi connectivity index (χ1) is 16.0. The highest BCUT2D eigenvalue weighted by molar-refractivity contribution is 6.03. The molecule has 3 aliphatic heterocycles. The summed E-state index contributed by atoms with van der Waals surface area (Å²) in [7, 11) is 1.66. The Labute approximate surface area is 198 Å². The monoisotopic (exact) mass is 475 g/mol. The van der Waals surface area contributed by atoms with Crippen LogP contribution in [0.3, 0.4) is 0 Å². The Morgan fingerprint density at radius 3 is 2.74 bits per heavy atom. The molecule has 0 spiro atoms. The van der Waals surface area contributed by atoms with Crippen molar-refractivity contribution in [2.24, 2.45) is 0 Å². The van der Waals surface area contributed by atoms with Crippen LogP contribution in [-0.4, -0.2) is 80.7 Å². The fourth-order valence-electron chi connectivity index (χ4n) is 5.07. The quantitative estimate of drug-likeness (QED) is 0.351. The number of amides is 1. The number of carbonyl (C=O) groups is 1. The summed E-state index contributed by atoms with van der Waals surface area (Å²) in [5, 5.41) is 49.1. The highest BCUT2D eigenvalue weighted by Gasteiger charge is 2.52. The maximum Gasteiger partial charge on any atom is 0.260 e. The van der Waals surface area contributed by atoms with Gasteiger partial charge in [0, 0.05) is 11.8 Å². The van der Waals surface area contributed by atoms with Gasteiger partial charge in [-0.3, -0.25) is 4.79 Å². The van der Waals surface area contributed by atoms with Gasteiger partial charge in [0.2, 0.25) is 6.29 Å². The largest absolute Gasteiger partial charge is 0.505 e. The number of phenolic OH excluding ortho intramolecular Hbond substituents is 1. The Morgan fingerprint density at radius 2 is 2.09 bits per heavy atom. The fourth-order valence-corrected chi connectivity index (χ4v) is 5.07. The molecule has 1 aromatic carbocycles. The Morgan fingerprint density at radius 1 is 1.38 bits per heavy atom. The van der Waals surface area contributed by atoms with Gasteiger partial charge < -0.3 is 45.4 Å². The molecule has 1 aromatic rings. The molecule has 1 saturated heterocycles. The summed E-state index contributed by atoms with van der Waals surface area (Å²) < 4.78 is 11.7. The standard InChI is InChI=1S/C24H33N3O7/c1-6-7-13-8-15-21(30)26-17-14(22(31)27(15)10-13)9-16(11(2)18(17)28)34-23-20(29)24(4,32)19(25-5)12(3)33-23/h6-7,9-10,12,15,19-21,23,25-26,28-30,32H,8H2,1-5H3/t12-,15-,19+,20-,21-,23-,24-/m0/s1. The number of carbonyl (C=O) groups excluding carboxylic acids is 1. The number of aromatic hydroxyl groups is 1. The number of ether oxygens (including phenoxy) is 2. The molecule has 6 N–H and O–H groups in total. The maximum atomic E-state index is 13.4. The molecule has 1 fully saturated rings. The average molecular weight is 476 g/mol. The van der Waals surface area contributed by atoms with E-state index in [-0.39, 0.29) is 28.3 Å². The third kappa shape index (κ3) is 3.85. The number of rotatable bonds is 4. The van der Waals surface area contributed by atoms with Crippen molar-refractivity contribution in [3.05, 3.63) is 41.1 Å². The van der Waals surface area contributed by atoms with Crippen LogP contribution >= 0.6 is 0 Å². The highest BCUT2D eigenvalue weighted by Crippen LogP contribution is 2.43. The van der Waals surface area contributed by atoms with Crippen LogP contribution in [-0.2, 0) is 4.74 Å². The third-order valence-corrected chi connectivity index (χ3v) is 6.97. The van der Waals surface area contributed by atoms with E-state index >= 15 is 0 Å². The van der Waals surface area contributed by atoms with Crippen LogP contribution in [0.1, 0.15) is 43.1 Å². The summed E-state index contributed by atoms with van der Waals surface area (Å²) in [5.74, 6) is -0.549. The number of phenols is 1. The van der Waals surface area contributed by atoms with Crippen LogP contribution in [0.15, 0.2) is 30.0 Å². The number of aliphatic hydroxyl groups excluding tert-OH is 2. The predicted octanol–water partition coefficient (Wildman–Crippen LogP) is 0.943. The minimum atomic E-state index is -1.56. The van der Waals surface area contributed by atoms with E-state index in [2.05, 4.69) is 10.6 Å². The molecule has 10 heteroatoms. The maximum absolute atomic E-state index is 13.4. The van der Waals surface area contributed by atoms with Gasteiger partial charge in [0.05, 0.1) is 29.4 Å². The number of allylic oxidation sites excluding steroid dienone is 2. The van der Waals surface area contributed by atoms with E-state index in [1.54, 1.807) is 27.1 Å². The molecular weight excluding hydrogens is 442 g/mol. The molecule has 34 heavy (non-hydrogen) atoms. The lowest BCUT2D eigenvalue weighted by atomic mass is 9.84. The second-order valence-electron chi connectivity index (χ2n) is 9.31. The number of fused-ring (bicyclic) bond motifs is 2. The first-order valence-electron chi connectivity index (χ1n) is 11.4. The van der Waals surface area contributed by atoms with Crippen molar-refractivity contribution in [2.45, 2.75) is 76.5 Å². The van der Waals surface area contributed by atoms with Crippen LogP contribution in [0, 0.1) is 6.92 Å². The van der Waals surface area contributed by atoms with Gasteiger partial charge in [-0.05, 0) is 52.8 Å². The molecule has 0 aromatic heterocycles. The van der Waals surface area contributed by atoms with Gasteiger partial charge >= 0.3 is 0 Å². The van der Waals surface area contributed by atoms with Crippen LogP contribution < -0.4 is 15.4 Å². The molecule has 186 valence electrons. The second-order valence-corrected chi connectivity index (χ2v) is 9.31. The fraction of sp³-hybridized carbons (Fsp3) is 0.542. The lowest BCUT2D eigenvalue weighted by molar-refractivity contribution is -0.272. The van der Waals surface area contributed by atoms with Gasteiger partial charge in [-0.15, -0.1) is 0 Å². The van der Waals surface area contributed by atoms with E-state index in [0.29, 0.717) is 6.42 Å². The van der Waals surface area contributed by atoms with Crippen molar-refractivity contribution in [2.75, 3.05) is 12.4 Å². The smallest absolute Gasteiger partial charge is 0.260 e. The zero-order chi connectivity index (χ0) is 24.9. The molecule has 10 nitrogen and oxygen atoms in total. The first kappa shape index (κ1) is 24.5. The molecule has 0 saturated carbocycles. The minimum absolute atomic E-state index is 0.107. The highest BCUT2D eigenvalue weighted by atomic mass is 16.7. The number of aliphatic hydroxyl groups is 3.